The van der Waals surface area contributed by atoms with Gasteiger partial charge in [-0.1, -0.05) is 11.6 Å². The lowest BCUT2D eigenvalue weighted by molar-refractivity contribution is 0.112. The first kappa shape index (κ1) is 10.8. The van der Waals surface area contributed by atoms with Crippen LogP contribution in [0, 0.1) is 3.57 Å². The number of carbonyl (C=O) groups excluding carboxylic acids is 1. The van der Waals surface area contributed by atoms with Crippen LogP contribution in [0.4, 0.5) is 0 Å². The molecule has 4 heteroatoms. The molecule has 0 aliphatic heterocycles. The maximum Gasteiger partial charge on any atom is 0.152 e. The zero-order chi connectivity index (χ0) is 9.84. The van der Waals surface area contributed by atoms with Crippen LogP contribution in [0.1, 0.15) is 17.3 Å². The summed E-state index contributed by atoms with van der Waals surface area (Å²) < 4.78 is 6.07. The van der Waals surface area contributed by atoms with E-state index in [2.05, 4.69) is 0 Å². The van der Waals surface area contributed by atoms with Crippen LogP contribution in [-0.4, -0.2) is 12.9 Å². The third-order valence-electron chi connectivity index (χ3n) is 1.51. The van der Waals surface area contributed by atoms with Crippen LogP contribution in [0.2, 0.25) is 5.02 Å². The minimum Gasteiger partial charge on any atom is -0.493 e. The van der Waals surface area contributed by atoms with Gasteiger partial charge in [-0.3, -0.25) is 4.79 Å². The van der Waals surface area contributed by atoms with Gasteiger partial charge in [0.1, 0.15) is 5.75 Å². The Kier molecular flexibility index (Phi) is 3.99. The zero-order valence-corrected chi connectivity index (χ0v) is 9.93. The Labute approximate surface area is 95.4 Å². The topological polar surface area (TPSA) is 26.3 Å². The first-order valence-corrected chi connectivity index (χ1v) is 5.22. The Morgan fingerprint density at radius 3 is 2.85 bits per heavy atom. The molecular formula is C9H8ClIO2. The molecule has 0 heterocycles. The fraction of sp³-hybridized carbons (Fsp3) is 0.222. The first-order valence-electron chi connectivity index (χ1n) is 3.76. The summed E-state index contributed by atoms with van der Waals surface area (Å²) in [6.45, 7) is 2.47. The molecule has 0 aliphatic rings. The van der Waals surface area contributed by atoms with E-state index in [0.717, 1.165) is 9.86 Å². The van der Waals surface area contributed by atoms with E-state index in [9.17, 15) is 4.79 Å². The van der Waals surface area contributed by atoms with Crippen molar-refractivity contribution < 1.29 is 9.53 Å². The fourth-order valence-electron chi connectivity index (χ4n) is 0.924. The van der Waals surface area contributed by atoms with Crippen LogP contribution < -0.4 is 4.74 Å². The average molecular weight is 311 g/mol. The SMILES string of the molecule is CCOc1ccc(Cl)c(C=O)c1I. The van der Waals surface area contributed by atoms with Gasteiger partial charge in [0.05, 0.1) is 20.8 Å². The molecule has 70 valence electrons. The van der Waals surface area contributed by atoms with Crippen molar-refractivity contribution in [3.63, 3.8) is 0 Å². The lowest BCUT2D eigenvalue weighted by Crippen LogP contribution is -1.97. The van der Waals surface area contributed by atoms with Gasteiger partial charge in [0.25, 0.3) is 0 Å². The highest BCUT2D eigenvalue weighted by Crippen LogP contribution is 2.28. The van der Waals surface area contributed by atoms with Crippen molar-refractivity contribution in [1.29, 1.82) is 0 Å². The van der Waals surface area contributed by atoms with Gasteiger partial charge in [-0.25, -0.2) is 0 Å². The highest BCUT2D eigenvalue weighted by molar-refractivity contribution is 14.1. The zero-order valence-electron chi connectivity index (χ0n) is 7.01. The van der Waals surface area contributed by atoms with Crippen molar-refractivity contribution in [2.24, 2.45) is 0 Å². The van der Waals surface area contributed by atoms with Gasteiger partial charge in [-0.05, 0) is 41.6 Å². The van der Waals surface area contributed by atoms with Crippen LogP contribution in [0.25, 0.3) is 0 Å². The lowest BCUT2D eigenvalue weighted by atomic mass is 10.2. The van der Waals surface area contributed by atoms with Crippen molar-refractivity contribution in [2.75, 3.05) is 6.61 Å². The van der Waals surface area contributed by atoms with Gasteiger partial charge in [-0.15, -0.1) is 0 Å². The molecule has 1 rings (SSSR count). The Bertz CT molecular complexity index is 326. The molecule has 0 saturated heterocycles. The molecule has 0 atom stereocenters. The maximum absolute atomic E-state index is 10.7. The molecule has 0 aromatic heterocycles. The number of benzene rings is 1. The second-order valence-electron chi connectivity index (χ2n) is 2.32. The molecule has 0 aliphatic carbocycles. The highest BCUT2D eigenvalue weighted by atomic mass is 127. The summed E-state index contributed by atoms with van der Waals surface area (Å²) in [7, 11) is 0. The highest BCUT2D eigenvalue weighted by Gasteiger charge is 2.09. The summed E-state index contributed by atoms with van der Waals surface area (Å²) >= 11 is 7.86. The molecule has 1 aromatic rings. The van der Waals surface area contributed by atoms with Crippen LogP contribution >= 0.6 is 34.2 Å². The average Bonchev–Trinajstić information content (AvgIpc) is 2.11. The van der Waals surface area contributed by atoms with Crippen molar-refractivity contribution in [3.05, 3.63) is 26.3 Å². The summed E-state index contributed by atoms with van der Waals surface area (Å²) in [6, 6.07) is 3.43. The summed E-state index contributed by atoms with van der Waals surface area (Å²) in [5, 5.41) is 0.461. The van der Waals surface area contributed by atoms with E-state index in [1.165, 1.54) is 0 Å². The number of hydrogen-bond acceptors (Lipinski definition) is 2. The predicted molar refractivity (Wildman–Crippen MR) is 60.7 cm³/mol. The van der Waals surface area contributed by atoms with Crippen molar-refractivity contribution in [3.8, 4) is 5.75 Å². The van der Waals surface area contributed by atoms with Gasteiger partial charge in [0.2, 0.25) is 0 Å². The van der Waals surface area contributed by atoms with Crippen LogP contribution in [0.3, 0.4) is 0 Å². The number of rotatable bonds is 3. The minimum absolute atomic E-state index is 0.461. The van der Waals surface area contributed by atoms with E-state index in [-0.39, 0.29) is 0 Å². The molecular weight excluding hydrogens is 302 g/mol. The van der Waals surface area contributed by atoms with E-state index < -0.39 is 0 Å². The Morgan fingerprint density at radius 2 is 2.31 bits per heavy atom. The van der Waals surface area contributed by atoms with E-state index in [0.29, 0.717) is 22.9 Å². The largest absolute Gasteiger partial charge is 0.493 e. The lowest BCUT2D eigenvalue weighted by Gasteiger charge is -2.07. The van der Waals surface area contributed by atoms with Crippen LogP contribution in [0.5, 0.6) is 5.75 Å². The second kappa shape index (κ2) is 4.81. The van der Waals surface area contributed by atoms with Crippen molar-refractivity contribution in [1.82, 2.24) is 0 Å². The smallest absolute Gasteiger partial charge is 0.152 e. The number of ether oxygens (including phenoxy) is 1. The maximum atomic E-state index is 10.7. The molecule has 2 nitrogen and oxygen atoms in total. The van der Waals surface area contributed by atoms with Crippen LogP contribution in [-0.2, 0) is 0 Å². The number of halogens is 2. The van der Waals surface area contributed by atoms with Gasteiger partial charge in [0.15, 0.2) is 6.29 Å². The van der Waals surface area contributed by atoms with E-state index >= 15 is 0 Å². The molecule has 0 N–H and O–H groups in total. The quantitative estimate of drug-likeness (QED) is 0.633. The van der Waals surface area contributed by atoms with Gasteiger partial charge >= 0.3 is 0 Å². The van der Waals surface area contributed by atoms with Gasteiger partial charge in [-0.2, -0.15) is 0 Å². The molecule has 1 aromatic carbocycles. The van der Waals surface area contributed by atoms with Gasteiger partial charge < -0.3 is 4.74 Å². The van der Waals surface area contributed by atoms with Gasteiger partial charge in [0, 0.05) is 0 Å². The summed E-state index contributed by atoms with van der Waals surface area (Å²) in [6.07, 6.45) is 0.743. The second-order valence-corrected chi connectivity index (χ2v) is 3.81. The molecule has 0 spiro atoms. The van der Waals surface area contributed by atoms with E-state index in [4.69, 9.17) is 16.3 Å². The standard InChI is InChI=1S/C9H8ClIO2/c1-2-13-8-4-3-7(10)6(5-12)9(8)11/h3-5H,2H2,1H3. The van der Waals surface area contributed by atoms with Crippen LogP contribution in [0.15, 0.2) is 12.1 Å². The molecule has 0 amide bonds. The fourth-order valence-corrected chi connectivity index (χ4v) is 2.04. The normalized spacial score (nSPS) is 9.77. The Morgan fingerprint density at radius 1 is 1.62 bits per heavy atom. The third kappa shape index (κ3) is 2.34. The van der Waals surface area contributed by atoms with E-state index in [1.54, 1.807) is 12.1 Å². The molecule has 0 unspecified atom stereocenters. The molecule has 0 radical (unpaired) electrons. The summed E-state index contributed by atoms with van der Waals surface area (Å²) in [5.41, 5.74) is 0.494. The monoisotopic (exact) mass is 310 g/mol. The number of carbonyl (C=O) groups is 1. The third-order valence-corrected chi connectivity index (χ3v) is 2.95. The molecule has 13 heavy (non-hydrogen) atoms. The molecule has 0 saturated carbocycles. The Hall–Kier alpha value is -0.290. The number of hydrogen-bond donors (Lipinski definition) is 0. The minimum atomic E-state index is 0.461. The number of aldehydes is 1. The predicted octanol–water partition coefficient (Wildman–Crippen LogP) is 3.16. The summed E-state index contributed by atoms with van der Waals surface area (Å²) in [5.74, 6) is 0.703. The Balaban J connectivity index is 3.19. The van der Waals surface area contributed by atoms with Crippen molar-refractivity contribution in [2.45, 2.75) is 6.92 Å². The molecule has 0 fully saturated rings. The molecule has 0 bridgehead atoms. The van der Waals surface area contributed by atoms with Crippen molar-refractivity contribution >= 4 is 40.5 Å². The van der Waals surface area contributed by atoms with E-state index in [1.807, 2.05) is 29.5 Å². The first-order chi connectivity index (χ1) is 6.20. The summed E-state index contributed by atoms with van der Waals surface area (Å²) in [4.78, 5) is 10.7.